The number of benzene rings is 2. The number of amides is 1. The number of hydrogen-bond acceptors (Lipinski definition) is 5. The van der Waals surface area contributed by atoms with Gasteiger partial charge in [-0.1, -0.05) is 35.3 Å². The number of aromatic nitrogens is 1. The highest BCUT2D eigenvalue weighted by molar-refractivity contribution is 7.89. The molecule has 2 heterocycles. The first-order chi connectivity index (χ1) is 14.8. The van der Waals surface area contributed by atoms with E-state index in [9.17, 15) is 13.2 Å². The lowest BCUT2D eigenvalue weighted by Crippen LogP contribution is -2.41. The van der Waals surface area contributed by atoms with Crippen LogP contribution < -0.4 is 5.32 Å². The molecule has 1 fully saturated rings. The lowest BCUT2D eigenvalue weighted by Gasteiger charge is -2.30. The van der Waals surface area contributed by atoms with Crippen LogP contribution in [0.4, 0.5) is 5.13 Å². The summed E-state index contributed by atoms with van der Waals surface area (Å²) in [5, 5.41) is 6.39. The minimum absolute atomic E-state index is 0.138. The van der Waals surface area contributed by atoms with E-state index in [0.29, 0.717) is 28.0 Å². The van der Waals surface area contributed by atoms with Crippen molar-refractivity contribution < 1.29 is 13.2 Å². The van der Waals surface area contributed by atoms with Gasteiger partial charge < -0.3 is 5.32 Å². The van der Waals surface area contributed by atoms with Crippen LogP contribution in [-0.4, -0.2) is 36.7 Å². The first kappa shape index (κ1) is 22.2. The maximum absolute atomic E-state index is 12.8. The molecule has 0 aliphatic carbocycles. The molecule has 1 amide bonds. The first-order valence-corrected chi connectivity index (χ1v) is 12.7. The third-order valence-corrected chi connectivity index (χ3v) is 8.32. The van der Waals surface area contributed by atoms with Crippen LogP contribution in [0.15, 0.2) is 58.8 Å². The summed E-state index contributed by atoms with van der Waals surface area (Å²) in [6.45, 7) is 0.577. The Kier molecular flexibility index (Phi) is 6.64. The highest BCUT2D eigenvalue weighted by Crippen LogP contribution is 2.28. The maximum atomic E-state index is 12.8. The molecule has 3 aromatic rings. The largest absolute Gasteiger partial charge is 0.302 e. The monoisotopic (exact) mass is 495 g/mol. The molecule has 0 saturated carbocycles. The van der Waals surface area contributed by atoms with Crippen LogP contribution in [-0.2, 0) is 14.8 Å². The molecular weight excluding hydrogens is 477 g/mol. The Morgan fingerprint density at radius 2 is 1.58 bits per heavy atom. The van der Waals surface area contributed by atoms with Crippen LogP contribution in [0.2, 0.25) is 10.0 Å². The van der Waals surface area contributed by atoms with Crippen LogP contribution in [0, 0.1) is 5.92 Å². The van der Waals surface area contributed by atoms with Gasteiger partial charge in [-0.2, -0.15) is 4.31 Å². The Hall–Kier alpha value is -1.97. The Balaban J connectivity index is 1.35. The second-order valence-corrected chi connectivity index (χ2v) is 10.8. The zero-order valence-corrected chi connectivity index (χ0v) is 19.4. The first-order valence-electron chi connectivity index (χ1n) is 9.61. The van der Waals surface area contributed by atoms with Crippen molar-refractivity contribution in [3.63, 3.8) is 0 Å². The maximum Gasteiger partial charge on any atom is 0.243 e. The molecule has 1 N–H and O–H groups in total. The van der Waals surface area contributed by atoms with E-state index in [1.165, 1.54) is 27.8 Å². The molecule has 6 nitrogen and oxygen atoms in total. The molecule has 1 aliphatic rings. The number of carbonyl (C=O) groups is 1. The molecule has 31 heavy (non-hydrogen) atoms. The van der Waals surface area contributed by atoms with E-state index in [4.69, 9.17) is 23.2 Å². The van der Waals surface area contributed by atoms with Gasteiger partial charge >= 0.3 is 0 Å². The average Bonchev–Trinajstić information content (AvgIpc) is 3.23. The summed E-state index contributed by atoms with van der Waals surface area (Å²) >= 11 is 13.1. The van der Waals surface area contributed by atoms with Gasteiger partial charge in [0.05, 0.1) is 10.6 Å². The molecule has 4 rings (SSSR count). The second kappa shape index (κ2) is 9.26. The molecule has 0 radical (unpaired) electrons. The lowest BCUT2D eigenvalue weighted by atomic mass is 9.97. The molecule has 0 unspecified atom stereocenters. The fourth-order valence-electron chi connectivity index (χ4n) is 3.41. The zero-order chi connectivity index (χ0) is 22.0. The van der Waals surface area contributed by atoms with E-state index < -0.39 is 10.0 Å². The van der Waals surface area contributed by atoms with Gasteiger partial charge in [0, 0.05) is 40.0 Å². The van der Waals surface area contributed by atoms with E-state index >= 15 is 0 Å². The topological polar surface area (TPSA) is 79.4 Å². The third-order valence-electron chi connectivity index (χ3n) is 5.15. The van der Waals surface area contributed by atoms with Gasteiger partial charge in [0.1, 0.15) is 0 Å². The van der Waals surface area contributed by atoms with Gasteiger partial charge in [-0.15, -0.1) is 11.3 Å². The Morgan fingerprint density at radius 1 is 1.00 bits per heavy atom. The average molecular weight is 496 g/mol. The van der Waals surface area contributed by atoms with E-state index in [1.807, 2.05) is 17.5 Å². The van der Waals surface area contributed by atoms with Gasteiger partial charge in [0.15, 0.2) is 5.13 Å². The SMILES string of the molecule is O=C(Nc1nc(-c2ccc(Cl)cc2)cs1)C1CCN(S(=O)(=O)c2ccc(Cl)cc2)CC1. The minimum Gasteiger partial charge on any atom is -0.302 e. The number of carbonyl (C=O) groups excluding carboxylic acids is 1. The summed E-state index contributed by atoms with van der Waals surface area (Å²) in [5.41, 5.74) is 1.68. The molecule has 2 aromatic carbocycles. The van der Waals surface area contributed by atoms with Crippen LogP contribution in [0.3, 0.4) is 0 Å². The normalized spacial score (nSPS) is 15.7. The molecule has 1 aromatic heterocycles. The van der Waals surface area contributed by atoms with E-state index in [1.54, 1.807) is 24.3 Å². The van der Waals surface area contributed by atoms with Crippen molar-refractivity contribution in [3.8, 4) is 11.3 Å². The van der Waals surface area contributed by atoms with Crippen LogP contribution >= 0.6 is 34.5 Å². The molecule has 1 aliphatic heterocycles. The highest BCUT2D eigenvalue weighted by atomic mass is 35.5. The van der Waals surface area contributed by atoms with Gasteiger partial charge in [0.2, 0.25) is 15.9 Å². The fourth-order valence-corrected chi connectivity index (χ4v) is 5.85. The predicted octanol–water partition coefficient (Wildman–Crippen LogP) is 5.16. The fraction of sp³-hybridized carbons (Fsp3) is 0.238. The Bertz CT molecular complexity index is 1170. The molecule has 10 heteroatoms. The third kappa shape index (κ3) is 5.10. The minimum atomic E-state index is -3.59. The van der Waals surface area contributed by atoms with Crippen LogP contribution in [0.25, 0.3) is 11.3 Å². The predicted molar refractivity (Wildman–Crippen MR) is 124 cm³/mol. The smallest absolute Gasteiger partial charge is 0.243 e. The van der Waals surface area contributed by atoms with Gasteiger partial charge in [0.25, 0.3) is 0 Å². The summed E-state index contributed by atoms with van der Waals surface area (Å²) in [7, 11) is -3.59. The number of nitrogens with one attached hydrogen (secondary N) is 1. The summed E-state index contributed by atoms with van der Waals surface area (Å²) < 4.78 is 27.0. The number of thiazole rings is 1. The Labute approximate surface area is 194 Å². The van der Waals surface area contributed by atoms with Crippen molar-refractivity contribution >= 4 is 55.6 Å². The van der Waals surface area contributed by atoms with E-state index in [2.05, 4.69) is 10.3 Å². The van der Waals surface area contributed by atoms with Crippen LogP contribution in [0.1, 0.15) is 12.8 Å². The van der Waals surface area contributed by atoms with Crippen molar-refractivity contribution in [2.24, 2.45) is 5.92 Å². The molecular formula is C21H19Cl2N3O3S2. The Morgan fingerprint density at radius 3 is 2.19 bits per heavy atom. The summed E-state index contributed by atoms with van der Waals surface area (Å²) in [4.78, 5) is 17.4. The van der Waals surface area contributed by atoms with Gasteiger partial charge in [-0.25, -0.2) is 13.4 Å². The quantitative estimate of drug-likeness (QED) is 0.530. The number of hydrogen-bond donors (Lipinski definition) is 1. The van der Waals surface area contributed by atoms with Crippen molar-refractivity contribution in [1.29, 1.82) is 0 Å². The van der Waals surface area contributed by atoms with Crippen molar-refractivity contribution in [1.82, 2.24) is 9.29 Å². The summed E-state index contributed by atoms with van der Waals surface area (Å²) in [5.74, 6) is -0.403. The lowest BCUT2D eigenvalue weighted by molar-refractivity contribution is -0.120. The second-order valence-electron chi connectivity index (χ2n) is 7.17. The van der Waals surface area contributed by atoms with Crippen molar-refractivity contribution in [2.45, 2.75) is 17.7 Å². The van der Waals surface area contributed by atoms with Crippen LogP contribution in [0.5, 0.6) is 0 Å². The number of piperidine rings is 1. The molecule has 162 valence electrons. The molecule has 0 atom stereocenters. The van der Waals surface area contributed by atoms with Gasteiger partial charge in [-0.3, -0.25) is 4.79 Å². The molecule has 0 spiro atoms. The van der Waals surface area contributed by atoms with Crippen molar-refractivity contribution in [2.75, 3.05) is 18.4 Å². The molecule has 0 bridgehead atoms. The summed E-state index contributed by atoms with van der Waals surface area (Å²) in [6.07, 6.45) is 0.905. The number of sulfonamides is 1. The molecule has 1 saturated heterocycles. The zero-order valence-electron chi connectivity index (χ0n) is 16.3. The van der Waals surface area contributed by atoms with Crippen molar-refractivity contribution in [3.05, 3.63) is 64.0 Å². The summed E-state index contributed by atoms with van der Waals surface area (Å²) in [6, 6.07) is 13.4. The standard InChI is InChI=1S/C21H19Cl2N3O3S2/c22-16-3-1-14(2-4-16)19-13-30-21(24-19)25-20(27)15-9-11-26(12-10-15)31(28,29)18-7-5-17(23)6-8-18/h1-8,13,15H,9-12H2,(H,24,25,27). The highest BCUT2D eigenvalue weighted by Gasteiger charge is 2.32. The number of nitrogens with zero attached hydrogens (tertiary/aromatic N) is 2. The number of halogens is 2. The van der Waals surface area contributed by atoms with E-state index in [-0.39, 0.29) is 29.8 Å². The number of anilines is 1. The van der Waals surface area contributed by atoms with Gasteiger partial charge in [-0.05, 0) is 49.2 Å². The number of rotatable bonds is 5. The van der Waals surface area contributed by atoms with E-state index in [0.717, 1.165) is 11.3 Å².